The van der Waals surface area contributed by atoms with Gasteiger partial charge in [0.25, 0.3) is 0 Å². The second-order valence-electron chi connectivity index (χ2n) is 2.43. The van der Waals surface area contributed by atoms with E-state index in [4.69, 9.17) is 5.73 Å². The Kier molecular flexibility index (Phi) is 3.85. The second kappa shape index (κ2) is 4.94. The lowest BCUT2D eigenvalue weighted by Crippen LogP contribution is -2.16. The normalized spacial score (nSPS) is 9.69. The van der Waals surface area contributed by atoms with Gasteiger partial charge in [0.15, 0.2) is 0 Å². The van der Waals surface area contributed by atoms with E-state index >= 15 is 0 Å². The fraction of sp³-hybridized carbons (Fsp3) is 0.250. The Labute approximate surface area is 84.7 Å². The number of hydrogen-bond donors (Lipinski definition) is 2. The number of carbonyl (C=O) groups is 1. The van der Waals surface area contributed by atoms with Gasteiger partial charge in [-0.1, -0.05) is 6.07 Å². The van der Waals surface area contributed by atoms with Crippen LogP contribution >= 0.6 is 15.9 Å². The van der Waals surface area contributed by atoms with E-state index in [1.165, 1.54) is 0 Å². The molecule has 0 fully saturated rings. The van der Waals surface area contributed by atoms with Gasteiger partial charge in [-0.05, 0) is 28.1 Å². The molecule has 1 heterocycles. The van der Waals surface area contributed by atoms with Crippen molar-refractivity contribution < 1.29 is 4.79 Å². The number of amides is 1. The minimum Gasteiger partial charge on any atom is -0.330 e. The molecule has 0 aliphatic carbocycles. The summed E-state index contributed by atoms with van der Waals surface area (Å²) >= 11 is 3.20. The van der Waals surface area contributed by atoms with Crippen LogP contribution in [0.5, 0.6) is 0 Å². The van der Waals surface area contributed by atoms with Gasteiger partial charge in [0.05, 0.1) is 0 Å². The lowest BCUT2D eigenvalue weighted by molar-refractivity contribution is -0.116. The number of halogens is 1. The van der Waals surface area contributed by atoms with E-state index in [9.17, 15) is 4.79 Å². The summed E-state index contributed by atoms with van der Waals surface area (Å²) in [6.45, 7) is 0.347. The van der Waals surface area contributed by atoms with E-state index < -0.39 is 0 Å². The molecule has 0 saturated heterocycles. The van der Waals surface area contributed by atoms with E-state index in [0.29, 0.717) is 23.4 Å². The molecule has 1 rings (SSSR count). The van der Waals surface area contributed by atoms with E-state index in [1.807, 2.05) is 0 Å². The predicted molar refractivity (Wildman–Crippen MR) is 54.2 cm³/mol. The molecular weight excluding hydrogens is 234 g/mol. The number of aromatic nitrogens is 1. The Hall–Kier alpha value is -0.940. The summed E-state index contributed by atoms with van der Waals surface area (Å²) in [5, 5.41) is 2.62. The average molecular weight is 244 g/mol. The number of nitrogens with zero attached hydrogens (tertiary/aromatic N) is 1. The molecule has 0 spiro atoms. The molecule has 0 atom stereocenters. The molecule has 0 radical (unpaired) electrons. The highest BCUT2D eigenvalue weighted by Gasteiger charge is 2.01. The number of rotatable bonds is 3. The van der Waals surface area contributed by atoms with Crippen LogP contribution in [-0.4, -0.2) is 17.4 Å². The van der Waals surface area contributed by atoms with Crippen molar-refractivity contribution in [3.05, 3.63) is 22.8 Å². The lowest BCUT2D eigenvalue weighted by Gasteiger charge is -2.02. The van der Waals surface area contributed by atoms with Gasteiger partial charge < -0.3 is 11.1 Å². The largest absolute Gasteiger partial charge is 0.330 e. The highest BCUT2D eigenvalue weighted by molar-refractivity contribution is 9.10. The summed E-state index contributed by atoms with van der Waals surface area (Å²) in [6, 6.07) is 5.31. The Morgan fingerprint density at radius 3 is 3.00 bits per heavy atom. The zero-order valence-electron chi connectivity index (χ0n) is 6.96. The number of nitrogens with one attached hydrogen (secondary N) is 1. The number of hydrogen-bond acceptors (Lipinski definition) is 3. The summed E-state index contributed by atoms with van der Waals surface area (Å²) in [5.41, 5.74) is 5.22. The van der Waals surface area contributed by atoms with Crippen LogP contribution in [0.4, 0.5) is 5.82 Å². The fourth-order valence-electron chi connectivity index (χ4n) is 0.814. The van der Waals surface area contributed by atoms with E-state index in [1.54, 1.807) is 18.2 Å². The van der Waals surface area contributed by atoms with Crippen molar-refractivity contribution in [1.29, 1.82) is 0 Å². The van der Waals surface area contributed by atoms with E-state index in [2.05, 4.69) is 26.2 Å². The molecule has 0 aliphatic rings. The van der Waals surface area contributed by atoms with Crippen LogP contribution in [0.2, 0.25) is 0 Å². The minimum absolute atomic E-state index is 0.117. The summed E-state index contributed by atoms with van der Waals surface area (Å²) in [7, 11) is 0. The minimum atomic E-state index is -0.117. The topological polar surface area (TPSA) is 68.0 Å². The number of carbonyl (C=O) groups excluding carboxylic acids is 1. The van der Waals surface area contributed by atoms with Crippen LogP contribution in [0, 0.1) is 0 Å². The van der Waals surface area contributed by atoms with Crippen molar-refractivity contribution in [2.75, 3.05) is 11.9 Å². The molecule has 1 amide bonds. The van der Waals surface area contributed by atoms with Gasteiger partial charge in [-0.3, -0.25) is 4.79 Å². The van der Waals surface area contributed by atoms with Crippen LogP contribution in [-0.2, 0) is 4.79 Å². The molecule has 5 heteroatoms. The standard InChI is InChI=1S/C8H10BrN3O/c9-6-2-1-3-7(11-6)12-8(13)4-5-10/h1-3H,4-5,10H2,(H,11,12,13). The molecule has 0 bridgehead atoms. The van der Waals surface area contributed by atoms with Crippen LogP contribution < -0.4 is 11.1 Å². The zero-order chi connectivity index (χ0) is 9.68. The van der Waals surface area contributed by atoms with E-state index in [0.717, 1.165) is 0 Å². The Morgan fingerprint density at radius 1 is 1.62 bits per heavy atom. The monoisotopic (exact) mass is 243 g/mol. The SMILES string of the molecule is NCCC(=O)Nc1cccc(Br)n1. The number of pyridine rings is 1. The maximum absolute atomic E-state index is 11.1. The van der Waals surface area contributed by atoms with Crippen molar-refractivity contribution in [2.24, 2.45) is 5.73 Å². The van der Waals surface area contributed by atoms with E-state index in [-0.39, 0.29) is 5.91 Å². The van der Waals surface area contributed by atoms with Gasteiger partial charge >= 0.3 is 0 Å². The zero-order valence-corrected chi connectivity index (χ0v) is 8.54. The van der Waals surface area contributed by atoms with Gasteiger partial charge in [0, 0.05) is 13.0 Å². The Morgan fingerprint density at radius 2 is 2.38 bits per heavy atom. The van der Waals surface area contributed by atoms with Crippen molar-refractivity contribution in [3.63, 3.8) is 0 Å². The molecule has 4 nitrogen and oxygen atoms in total. The first-order chi connectivity index (χ1) is 6.22. The van der Waals surface area contributed by atoms with Gasteiger partial charge in [-0.25, -0.2) is 4.98 Å². The first-order valence-electron chi connectivity index (χ1n) is 3.85. The second-order valence-corrected chi connectivity index (χ2v) is 3.24. The van der Waals surface area contributed by atoms with Crippen LogP contribution in [0.25, 0.3) is 0 Å². The smallest absolute Gasteiger partial charge is 0.226 e. The van der Waals surface area contributed by atoms with Crippen LogP contribution in [0.1, 0.15) is 6.42 Å². The molecule has 1 aromatic rings. The van der Waals surface area contributed by atoms with Gasteiger partial charge in [-0.2, -0.15) is 0 Å². The molecular formula is C8H10BrN3O. The lowest BCUT2D eigenvalue weighted by atomic mass is 10.4. The molecule has 70 valence electrons. The molecule has 0 unspecified atom stereocenters. The quantitative estimate of drug-likeness (QED) is 0.783. The van der Waals surface area contributed by atoms with Crippen molar-refractivity contribution >= 4 is 27.7 Å². The van der Waals surface area contributed by atoms with Gasteiger partial charge in [0.1, 0.15) is 10.4 Å². The molecule has 0 aromatic carbocycles. The van der Waals surface area contributed by atoms with Crippen molar-refractivity contribution in [1.82, 2.24) is 4.98 Å². The first kappa shape index (κ1) is 10.1. The third-order valence-electron chi connectivity index (χ3n) is 1.35. The van der Waals surface area contributed by atoms with Crippen molar-refractivity contribution in [3.8, 4) is 0 Å². The summed E-state index contributed by atoms with van der Waals surface area (Å²) < 4.78 is 0.693. The predicted octanol–water partition coefficient (Wildman–Crippen LogP) is 1.13. The summed E-state index contributed by atoms with van der Waals surface area (Å²) in [5.74, 6) is 0.418. The highest BCUT2D eigenvalue weighted by atomic mass is 79.9. The third kappa shape index (κ3) is 3.52. The molecule has 13 heavy (non-hydrogen) atoms. The van der Waals surface area contributed by atoms with Crippen LogP contribution in [0.3, 0.4) is 0 Å². The molecule has 0 aliphatic heterocycles. The first-order valence-corrected chi connectivity index (χ1v) is 4.64. The van der Waals surface area contributed by atoms with Crippen molar-refractivity contribution in [2.45, 2.75) is 6.42 Å². The average Bonchev–Trinajstić information content (AvgIpc) is 2.04. The maximum Gasteiger partial charge on any atom is 0.226 e. The highest BCUT2D eigenvalue weighted by Crippen LogP contribution is 2.09. The Balaban J connectivity index is 2.58. The van der Waals surface area contributed by atoms with Gasteiger partial charge in [-0.15, -0.1) is 0 Å². The summed E-state index contributed by atoms with van der Waals surface area (Å²) in [4.78, 5) is 15.1. The maximum atomic E-state index is 11.1. The van der Waals surface area contributed by atoms with Gasteiger partial charge in [0.2, 0.25) is 5.91 Å². The number of nitrogens with two attached hydrogens (primary N) is 1. The number of anilines is 1. The Bertz CT molecular complexity index is 303. The summed E-state index contributed by atoms with van der Waals surface area (Å²) in [6.07, 6.45) is 0.314. The van der Waals surface area contributed by atoms with Crippen LogP contribution in [0.15, 0.2) is 22.8 Å². The third-order valence-corrected chi connectivity index (χ3v) is 1.80. The fourth-order valence-corrected chi connectivity index (χ4v) is 1.16. The molecule has 0 saturated carbocycles. The molecule has 3 N–H and O–H groups in total. The molecule has 1 aromatic heterocycles.